The van der Waals surface area contributed by atoms with E-state index in [0.717, 1.165) is 24.6 Å². The highest BCUT2D eigenvalue weighted by Crippen LogP contribution is 2.12. The van der Waals surface area contributed by atoms with Gasteiger partial charge in [-0.2, -0.15) is 0 Å². The molecule has 0 aliphatic carbocycles. The van der Waals surface area contributed by atoms with Crippen molar-refractivity contribution >= 4 is 0 Å². The number of aliphatic hydroxyl groups excluding tert-OH is 1. The first-order chi connectivity index (χ1) is 9.86. The fourth-order valence-corrected chi connectivity index (χ4v) is 2.30. The Morgan fingerprint density at radius 2 is 1.81 bits per heavy atom. The number of rotatable bonds is 10. The van der Waals surface area contributed by atoms with Gasteiger partial charge in [0.1, 0.15) is 11.5 Å². The van der Waals surface area contributed by atoms with Crippen LogP contribution in [0.5, 0.6) is 0 Å². The molecule has 1 aromatic heterocycles. The predicted molar refractivity (Wildman–Crippen MR) is 85.2 cm³/mol. The van der Waals surface area contributed by atoms with E-state index in [1.165, 1.54) is 0 Å². The molecule has 0 fully saturated rings. The Morgan fingerprint density at radius 3 is 2.33 bits per heavy atom. The molecule has 0 spiro atoms. The molecule has 0 aliphatic heterocycles. The van der Waals surface area contributed by atoms with Gasteiger partial charge in [0.2, 0.25) is 0 Å². The number of ether oxygens (including phenoxy) is 1. The summed E-state index contributed by atoms with van der Waals surface area (Å²) in [5.74, 6) is 2.92. The van der Waals surface area contributed by atoms with Gasteiger partial charge in [0.15, 0.2) is 0 Å². The summed E-state index contributed by atoms with van der Waals surface area (Å²) in [5.41, 5.74) is 0. The maximum absolute atomic E-state index is 10.1. The van der Waals surface area contributed by atoms with Crippen molar-refractivity contribution in [2.24, 2.45) is 11.8 Å². The van der Waals surface area contributed by atoms with Crippen LogP contribution in [0.3, 0.4) is 0 Å². The zero-order valence-corrected chi connectivity index (χ0v) is 14.1. The Bertz CT molecular complexity index is 387. The molecule has 21 heavy (non-hydrogen) atoms. The summed E-state index contributed by atoms with van der Waals surface area (Å²) in [7, 11) is 0. The molecule has 4 nitrogen and oxygen atoms in total. The summed E-state index contributed by atoms with van der Waals surface area (Å²) in [6.07, 6.45) is -0.460. The molecule has 0 radical (unpaired) electrons. The third kappa shape index (κ3) is 8.24. The summed E-state index contributed by atoms with van der Waals surface area (Å²) >= 11 is 0. The number of nitrogens with zero attached hydrogens (tertiary/aromatic N) is 1. The maximum Gasteiger partial charge on any atom is 0.118 e. The first-order valence-corrected chi connectivity index (χ1v) is 7.90. The molecule has 1 N–H and O–H groups in total. The molecule has 1 rings (SSSR count). The summed E-state index contributed by atoms with van der Waals surface area (Å²) in [6.45, 7) is 13.9. The van der Waals surface area contributed by atoms with E-state index in [-0.39, 0.29) is 0 Å². The van der Waals surface area contributed by atoms with E-state index in [2.05, 4.69) is 32.6 Å². The van der Waals surface area contributed by atoms with E-state index in [1.807, 2.05) is 19.1 Å². The maximum atomic E-state index is 10.1. The molecule has 1 atom stereocenters. The zero-order valence-electron chi connectivity index (χ0n) is 14.1. The monoisotopic (exact) mass is 297 g/mol. The quantitative estimate of drug-likeness (QED) is 0.721. The van der Waals surface area contributed by atoms with Crippen LogP contribution in [0, 0.1) is 18.8 Å². The van der Waals surface area contributed by atoms with Crippen LogP contribution in [-0.4, -0.2) is 42.4 Å². The molecule has 0 unspecified atom stereocenters. The number of furan rings is 1. The van der Waals surface area contributed by atoms with E-state index >= 15 is 0 Å². The van der Waals surface area contributed by atoms with E-state index in [9.17, 15) is 5.11 Å². The molecule has 0 bridgehead atoms. The van der Waals surface area contributed by atoms with Crippen LogP contribution in [-0.2, 0) is 11.3 Å². The van der Waals surface area contributed by atoms with E-state index in [0.29, 0.717) is 31.6 Å². The Hall–Kier alpha value is -0.840. The van der Waals surface area contributed by atoms with Gasteiger partial charge >= 0.3 is 0 Å². The van der Waals surface area contributed by atoms with Crippen LogP contribution in [0.4, 0.5) is 0 Å². The smallest absolute Gasteiger partial charge is 0.118 e. The molecule has 0 aromatic carbocycles. The van der Waals surface area contributed by atoms with E-state index < -0.39 is 6.10 Å². The van der Waals surface area contributed by atoms with Crippen LogP contribution in [0.2, 0.25) is 0 Å². The van der Waals surface area contributed by atoms with Crippen molar-refractivity contribution in [2.75, 3.05) is 26.3 Å². The first kappa shape index (κ1) is 18.2. The largest absolute Gasteiger partial charge is 0.465 e. The summed E-state index contributed by atoms with van der Waals surface area (Å²) in [5, 5.41) is 10.1. The fraction of sp³-hybridized carbons (Fsp3) is 0.765. The van der Waals surface area contributed by atoms with Crippen LogP contribution in [0.15, 0.2) is 16.5 Å². The molecule has 4 heteroatoms. The SMILES string of the molecule is Cc1ccc(CN(CC(C)C)C[C@H](O)COCC(C)C)o1. The highest BCUT2D eigenvalue weighted by atomic mass is 16.5. The molecular weight excluding hydrogens is 266 g/mol. The minimum atomic E-state index is -0.460. The standard InChI is InChI=1S/C17H31NO3/c1-13(2)8-18(10-17-7-6-15(5)21-17)9-16(19)12-20-11-14(3)4/h6-7,13-14,16,19H,8-12H2,1-5H3/t16-/m0/s1. The first-order valence-electron chi connectivity index (χ1n) is 7.90. The van der Waals surface area contributed by atoms with Gasteiger partial charge in [0.25, 0.3) is 0 Å². The molecule has 1 aromatic rings. The Labute approximate surface area is 129 Å². The van der Waals surface area contributed by atoms with Gasteiger partial charge in [-0.05, 0) is 30.9 Å². The lowest BCUT2D eigenvalue weighted by Crippen LogP contribution is -2.36. The molecule has 0 saturated carbocycles. The average Bonchev–Trinajstić information content (AvgIpc) is 2.73. The van der Waals surface area contributed by atoms with Gasteiger partial charge in [-0.1, -0.05) is 27.7 Å². The van der Waals surface area contributed by atoms with Crippen LogP contribution >= 0.6 is 0 Å². The average molecular weight is 297 g/mol. The van der Waals surface area contributed by atoms with Crippen molar-refractivity contribution in [3.05, 3.63) is 23.7 Å². The number of hydrogen-bond acceptors (Lipinski definition) is 4. The minimum Gasteiger partial charge on any atom is -0.465 e. The molecule has 1 heterocycles. The predicted octanol–water partition coefficient (Wildman–Crippen LogP) is 3.08. The van der Waals surface area contributed by atoms with Gasteiger partial charge in [0, 0.05) is 19.7 Å². The Balaban J connectivity index is 2.45. The van der Waals surface area contributed by atoms with Crippen molar-refractivity contribution in [1.29, 1.82) is 0 Å². The summed E-state index contributed by atoms with van der Waals surface area (Å²) in [6, 6.07) is 3.98. The van der Waals surface area contributed by atoms with Crippen molar-refractivity contribution < 1.29 is 14.3 Å². The number of hydrogen-bond donors (Lipinski definition) is 1. The van der Waals surface area contributed by atoms with Crippen molar-refractivity contribution in [2.45, 2.75) is 47.3 Å². The van der Waals surface area contributed by atoms with Crippen molar-refractivity contribution in [1.82, 2.24) is 4.90 Å². The Morgan fingerprint density at radius 1 is 1.10 bits per heavy atom. The highest BCUT2D eigenvalue weighted by molar-refractivity contribution is 5.05. The second-order valence-corrected chi connectivity index (χ2v) is 6.69. The highest BCUT2D eigenvalue weighted by Gasteiger charge is 2.15. The van der Waals surface area contributed by atoms with Gasteiger partial charge in [-0.15, -0.1) is 0 Å². The fourth-order valence-electron chi connectivity index (χ4n) is 2.30. The normalized spacial score (nSPS) is 13.6. The lowest BCUT2D eigenvalue weighted by Gasteiger charge is -2.26. The molecular formula is C17H31NO3. The summed E-state index contributed by atoms with van der Waals surface area (Å²) < 4.78 is 11.2. The van der Waals surface area contributed by atoms with Crippen LogP contribution in [0.1, 0.15) is 39.2 Å². The van der Waals surface area contributed by atoms with Gasteiger partial charge in [-0.3, -0.25) is 4.90 Å². The van der Waals surface area contributed by atoms with E-state index in [4.69, 9.17) is 9.15 Å². The van der Waals surface area contributed by atoms with Gasteiger partial charge in [0.05, 0.1) is 19.3 Å². The van der Waals surface area contributed by atoms with Crippen LogP contribution < -0.4 is 0 Å². The third-order valence-corrected chi connectivity index (χ3v) is 3.03. The summed E-state index contributed by atoms with van der Waals surface area (Å²) in [4.78, 5) is 2.23. The third-order valence-electron chi connectivity index (χ3n) is 3.03. The zero-order chi connectivity index (χ0) is 15.8. The molecule has 0 amide bonds. The topological polar surface area (TPSA) is 45.8 Å². The van der Waals surface area contributed by atoms with Gasteiger partial charge < -0.3 is 14.3 Å². The number of aryl methyl sites for hydroxylation is 1. The van der Waals surface area contributed by atoms with Gasteiger partial charge in [-0.25, -0.2) is 0 Å². The second-order valence-electron chi connectivity index (χ2n) is 6.69. The Kier molecular flexibility index (Phi) is 8.01. The van der Waals surface area contributed by atoms with Crippen molar-refractivity contribution in [3.8, 4) is 0 Å². The lowest BCUT2D eigenvalue weighted by molar-refractivity contribution is 0.00425. The van der Waals surface area contributed by atoms with E-state index in [1.54, 1.807) is 0 Å². The molecule has 0 saturated heterocycles. The van der Waals surface area contributed by atoms with Crippen molar-refractivity contribution in [3.63, 3.8) is 0 Å². The second kappa shape index (κ2) is 9.23. The molecule has 0 aliphatic rings. The molecule has 122 valence electrons. The van der Waals surface area contributed by atoms with Crippen LogP contribution in [0.25, 0.3) is 0 Å². The minimum absolute atomic E-state index is 0.393. The lowest BCUT2D eigenvalue weighted by atomic mass is 10.2. The number of aliphatic hydroxyl groups is 1.